The zero-order chi connectivity index (χ0) is 20.1. The monoisotopic (exact) mass is 402 g/mol. The minimum Gasteiger partial charge on any atom is -0.385 e. The van der Waals surface area contributed by atoms with E-state index in [1.54, 1.807) is 7.11 Å². The molecule has 0 atom stereocenters. The van der Waals surface area contributed by atoms with Gasteiger partial charge in [-0.1, -0.05) is 25.7 Å². The first-order valence-electron chi connectivity index (χ1n) is 11.7. The third-order valence-electron chi connectivity index (χ3n) is 7.47. The summed E-state index contributed by atoms with van der Waals surface area (Å²) in [6.07, 6.45) is 13.8. The van der Waals surface area contributed by atoms with Crippen LogP contribution in [0.2, 0.25) is 0 Å². The van der Waals surface area contributed by atoms with Crippen LogP contribution in [-0.4, -0.2) is 65.6 Å². The number of hydrogen-bond donors (Lipinski definition) is 1. The smallest absolute Gasteiger partial charge is 0.222 e. The first-order chi connectivity index (χ1) is 14.2. The van der Waals surface area contributed by atoms with Gasteiger partial charge in [-0.25, -0.2) is 4.98 Å². The lowest BCUT2D eigenvalue weighted by Crippen LogP contribution is -2.51. The summed E-state index contributed by atoms with van der Waals surface area (Å²) in [4.78, 5) is 25.2. The van der Waals surface area contributed by atoms with Crippen LogP contribution < -0.4 is 0 Å². The molecule has 0 radical (unpaired) electrons. The highest BCUT2D eigenvalue weighted by molar-refractivity contribution is 5.77. The Morgan fingerprint density at radius 2 is 2.03 bits per heavy atom. The summed E-state index contributed by atoms with van der Waals surface area (Å²) in [7, 11) is 1.73. The molecule has 4 rings (SSSR count). The van der Waals surface area contributed by atoms with Crippen molar-refractivity contribution in [3.05, 3.63) is 17.7 Å². The molecule has 6 nitrogen and oxygen atoms in total. The zero-order valence-electron chi connectivity index (χ0n) is 18.1. The number of ether oxygens (including phenoxy) is 1. The summed E-state index contributed by atoms with van der Waals surface area (Å²) in [5.41, 5.74) is 1.59. The number of methoxy groups -OCH3 is 1. The summed E-state index contributed by atoms with van der Waals surface area (Å²) < 4.78 is 5.16. The molecule has 1 aliphatic carbocycles. The van der Waals surface area contributed by atoms with Crippen LogP contribution in [0.15, 0.2) is 6.20 Å². The van der Waals surface area contributed by atoms with Crippen molar-refractivity contribution in [2.75, 3.05) is 39.9 Å². The van der Waals surface area contributed by atoms with Gasteiger partial charge in [0.2, 0.25) is 5.91 Å². The molecule has 162 valence electrons. The van der Waals surface area contributed by atoms with Crippen molar-refractivity contribution in [1.82, 2.24) is 19.8 Å². The van der Waals surface area contributed by atoms with E-state index in [9.17, 15) is 4.79 Å². The van der Waals surface area contributed by atoms with Gasteiger partial charge in [0, 0.05) is 58.1 Å². The molecule has 2 aliphatic heterocycles. The van der Waals surface area contributed by atoms with Gasteiger partial charge in [-0.05, 0) is 50.1 Å². The third-order valence-corrected chi connectivity index (χ3v) is 7.47. The number of piperidine rings is 2. The van der Waals surface area contributed by atoms with E-state index in [0.717, 1.165) is 70.9 Å². The van der Waals surface area contributed by atoms with Gasteiger partial charge in [0.15, 0.2) is 0 Å². The standard InChI is InChI=1S/C23H38N4O2/c1-29-14-4-11-27-18-23(8-7-22(27)28)9-12-26(13-10-23)17-20-16-24-21(25-20)15-19-5-2-3-6-19/h16,19H,2-15,17-18H2,1H3,(H,24,25). The van der Waals surface area contributed by atoms with Gasteiger partial charge in [0.25, 0.3) is 0 Å². The van der Waals surface area contributed by atoms with Crippen molar-refractivity contribution in [1.29, 1.82) is 0 Å². The van der Waals surface area contributed by atoms with Gasteiger partial charge < -0.3 is 14.6 Å². The highest BCUT2D eigenvalue weighted by Gasteiger charge is 2.40. The van der Waals surface area contributed by atoms with Gasteiger partial charge in [-0.15, -0.1) is 0 Å². The van der Waals surface area contributed by atoms with Crippen LogP contribution in [0.25, 0.3) is 0 Å². The Labute approximate surface area is 175 Å². The number of aromatic amines is 1. The zero-order valence-corrected chi connectivity index (χ0v) is 18.1. The van der Waals surface area contributed by atoms with E-state index in [-0.39, 0.29) is 0 Å². The number of amides is 1. The van der Waals surface area contributed by atoms with Crippen molar-refractivity contribution in [3.8, 4) is 0 Å². The topological polar surface area (TPSA) is 61.5 Å². The molecule has 29 heavy (non-hydrogen) atoms. The minimum absolute atomic E-state index is 0.332. The minimum atomic E-state index is 0.332. The molecular weight excluding hydrogens is 364 g/mol. The highest BCUT2D eigenvalue weighted by Crippen LogP contribution is 2.40. The average molecular weight is 403 g/mol. The molecule has 3 heterocycles. The van der Waals surface area contributed by atoms with Gasteiger partial charge in [0.05, 0.1) is 0 Å². The number of likely N-dealkylation sites (tertiary alicyclic amines) is 2. The number of rotatable bonds is 8. The molecule has 1 saturated carbocycles. The Hall–Kier alpha value is -1.40. The van der Waals surface area contributed by atoms with Crippen LogP contribution in [0.1, 0.15) is 69.3 Å². The first kappa shape index (κ1) is 20.9. The van der Waals surface area contributed by atoms with Crippen molar-refractivity contribution in [3.63, 3.8) is 0 Å². The second kappa shape index (κ2) is 9.61. The predicted molar refractivity (Wildman–Crippen MR) is 114 cm³/mol. The Morgan fingerprint density at radius 1 is 1.24 bits per heavy atom. The van der Waals surface area contributed by atoms with Crippen LogP contribution in [0.4, 0.5) is 0 Å². The largest absolute Gasteiger partial charge is 0.385 e. The second-order valence-corrected chi connectivity index (χ2v) is 9.65. The quantitative estimate of drug-likeness (QED) is 0.677. The van der Waals surface area contributed by atoms with Crippen molar-refractivity contribution in [2.45, 2.75) is 70.8 Å². The maximum absolute atomic E-state index is 12.3. The molecule has 1 N–H and O–H groups in total. The van der Waals surface area contributed by atoms with E-state index < -0.39 is 0 Å². The Bertz CT molecular complexity index is 660. The van der Waals surface area contributed by atoms with E-state index in [4.69, 9.17) is 4.74 Å². The third kappa shape index (κ3) is 5.40. The molecule has 0 unspecified atom stereocenters. The fraction of sp³-hybridized carbons (Fsp3) is 0.826. The summed E-state index contributed by atoms with van der Waals surface area (Å²) in [6, 6.07) is 0. The lowest BCUT2D eigenvalue weighted by molar-refractivity contribution is -0.139. The lowest BCUT2D eigenvalue weighted by Gasteiger charge is -2.47. The molecule has 0 bridgehead atoms. The SMILES string of the molecule is COCCCN1CC2(CCC1=O)CCN(Cc1cnc(CC3CCCC3)[nH]1)CC2. The van der Waals surface area contributed by atoms with Gasteiger partial charge in [-0.2, -0.15) is 0 Å². The molecule has 1 aromatic heterocycles. The van der Waals surface area contributed by atoms with E-state index in [0.29, 0.717) is 11.3 Å². The summed E-state index contributed by atoms with van der Waals surface area (Å²) in [6.45, 7) is 5.74. The van der Waals surface area contributed by atoms with Crippen LogP contribution in [0.5, 0.6) is 0 Å². The maximum atomic E-state index is 12.3. The Balaban J connectivity index is 1.24. The Morgan fingerprint density at radius 3 is 2.79 bits per heavy atom. The van der Waals surface area contributed by atoms with Gasteiger partial charge >= 0.3 is 0 Å². The molecule has 1 spiro atoms. The van der Waals surface area contributed by atoms with Crippen molar-refractivity contribution in [2.24, 2.45) is 11.3 Å². The normalized spacial score (nSPS) is 23.3. The number of hydrogen-bond acceptors (Lipinski definition) is 4. The molecule has 6 heteroatoms. The fourth-order valence-electron chi connectivity index (χ4n) is 5.62. The molecule has 0 aromatic carbocycles. The number of carbonyl (C=O) groups is 1. The number of aromatic nitrogens is 2. The van der Waals surface area contributed by atoms with Crippen LogP contribution in [0.3, 0.4) is 0 Å². The summed E-state index contributed by atoms with van der Waals surface area (Å²) in [5.74, 6) is 2.35. The second-order valence-electron chi connectivity index (χ2n) is 9.65. The van der Waals surface area contributed by atoms with Crippen LogP contribution >= 0.6 is 0 Å². The Kier molecular flexibility index (Phi) is 6.91. The van der Waals surface area contributed by atoms with E-state index in [1.807, 2.05) is 6.20 Å². The number of carbonyl (C=O) groups excluding carboxylic acids is 1. The first-order valence-corrected chi connectivity index (χ1v) is 11.7. The molecular formula is C23H38N4O2. The molecule has 1 amide bonds. The fourth-order valence-corrected chi connectivity index (χ4v) is 5.62. The predicted octanol–water partition coefficient (Wildman–Crippen LogP) is 3.38. The van der Waals surface area contributed by atoms with E-state index in [1.165, 1.54) is 50.0 Å². The van der Waals surface area contributed by atoms with E-state index in [2.05, 4.69) is 19.8 Å². The van der Waals surface area contributed by atoms with Gasteiger partial charge in [-0.3, -0.25) is 9.69 Å². The number of H-pyrrole nitrogens is 1. The molecule has 3 fully saturated rings. The maximum Gasteiger partial charge on any atom is 0.222 e. The van der Waals surface area contributed by atoms with Crippen LogP contribution in [0, 0.1) is 11.3 Å². The number of imidazole rings is 1. The number of nitrogens with zero attached hydrogens (tertiary/aromatic N) is 3. The number of nitrogens with one attached hydrogen (secondary N) is 1. The highest BCUT2D eigenvalue weighted by atomic mass is 16.5. The van der Waals surface area contributed by atoms with Crippen molar-refractivity contribution < 1.29 is 9.53 Å². The summed E-state index contributed by atoms with van der Waals surface area (Å²) >= 11 is 0. The average Bonchev–Trinajstić information content (AvgIpc) is 3.39. The van der Waals surface area contributed by atoms with Crippen LogP contribution in [-0.2, 0) is 22.5 Å². The molecule has 2 saturated heterocycles. The lowest BCUT2D eigenvalue weighted by atomic mass is 9.72. The van der Waals surface area contributed by atoms with Crippen molar-refractivity contribution >= 4 is 5.91 Å². The van der Waals surface area contributed by atoms with E-state index >= 15 is 0 Å². The van der Waals surface area contributed by atoms with Gasteiger partial charge in [0.1, 0.15) is 5.82 Å². The summed E-state index contributed by atoms with van der Waals surface area (Å²) in [5, 5.41) is 0. The molecule has 3 aliphatic rings. The molecule has 1 aromatic rings.